The summed E-state index contributed by atoms with van der Waals surface area (Å²) in [5, 5.41) is 3.64. The highest BCUT2D eigenvalue weighted by atomic mass is 15.2. The molecule has 2 rings (SSSR count). The Morgan fingerprint density at radius 1 is 1.21 bits per heavy atom. The van der Waals surface area contributed by atoms with E-state index in [1.807, 2.05) is 6.20 Å². The largest absolute Gasteiger partial charge is 0.351 e. The summed E-state index contributed by atoms with van der Waals surface area (Å²) in [6.07, 6.45) is 5.75. The van der Waals surface area contributed by atoms with Crippen LogP contribution in [-0.2, 0) is 0 Å². The summed E-state index contributed by atoms with van der Waals surface area (Å²) < 4.78 is 0. The van der Waals surface area contributed by atoms with E-state index in [9.17, 15) is 0 Å². The first kappa shape index (κ1) is 14.3. The molecule has 1 fully saturated rings. The molecule has 0 bridgehead atoms. The lowest BCUT2D eigenvalue weighted by atomic mass is 9.97. The minimum absolute atomic E-state index is 0.470. The third-order valence-corrected chi connectivity index (χ3v) is 3.86. The molecule has 3 heteroatoms. The Hall–Kier alpha value is -1.09. The number of rotatable bonds is 4. The Morgan fingerprint density at radius 2 is 1.95 bits per heavy atom. The first-order valence-corrected chi connectivity index (χ1v) is 7.58. The highest BCUT2D eigenvalue weighted by Crippen LogP contribution is 2.31. The molecule has 1 aliphatic rings. The van der Waals surface area contributed by atoms with Crippen LogP contribution in [0.4, 0.5) is 5.82 Å². The van der Waals surface area contributed by atoms with Gasteiger partial charge >= 0.3 is 0 Å². The van der Waals surface area contributed by atoms with Crippen LogP contribution in [0, 0.1) is 0 Å². The van der Waals surface area contributed by atoms with Crippen LogP contribution in [0.2, 0.25) is 0 Å². The molecule has 0 amide bonds. The molecule has 106 valence electrons. The van der Waals surface area contributed by atoms with Crippen molar-refractivity contribution in [2.75, 3.05) is 11.4 Å². The van der Waals surface area contributed by atoms with Gasteiger partial charge in [0.15, 0.2) is 0 Å². The van der Waals surface area contributed by atoms with Crippen molar-refractivity contribution in [1.82, 2.24) is 10.3 Å². The minimum Gasteiger partial charge on any atom is -0.351 e. The number of aromatic nitrogens is 1. The zero-order valence-corrected chi connectivity index (χ0v) is 12.7. The maximum absolute atomic E-state index is 4.68. The molecule has 1 aromatic heterocycles. The quantitative estimate of drug-likeness (QED) is 0.899. The first-order valence-electron chi connectivity index (χ1n) is 7.58. The maximum Gasteiger partial charge on any atom is 0.133 e. The monoisotopic (exact) mass is 261 g/mol. The second-order valence-electron chi connectivity index (χ2n) is 6.01. The molecule has 2 heterocycles. The average Bonchev–Trinajstić information content (AvgIpc) is 2.39. The standard InChI is InChI=1S/C16H27N3/c1-12(2)19(13(3)4)16-14(8-7-11-18-16)15-9-5-6-10-17-15/h7-8,11-13,15,17H,5-6,9-10H2,1-4H3/t15-/m0/s1. The fourth-order valence-electron chi connectivity index (χ4n) is 3.10. The highest BCUT2D eigenvalue weighted by Gasteiger charge is 2.24. The average molecular weight is 261 g/mol. The fourth-order valence-corrected chi connectivity index (χ4v) is 3.10. The van der Waals surface area contributed by atoms with Crippen LogP contribution in [0.1, 0.15) is 58.6 Å². The summed E-state index contributed by atoms with van der Waals surface area (Å²) in [5.74, 6) is 1.16. The molecular formula is C16H27N3. The Bertz CT molecular complexity index is 387. The van der Waals surface area contributed by atoms with Crippen molar-refractivity contribution in [1.29, 1.82) is 0 Å². The molecule has 1 atom stereocenters. The zero-order chi connectivity index (χ0) is 13.8. The van der Waals surface area contributed by atoms with Gasteiger partial charge in [-0.05, 0) is 53.1 Å². The van der Waals surface area contributed by atoms with Crippen molar-refractivity contribution in [3.8, 4) is 0 Å². The lowest BCUT2D eigenvalue weighted by molar-refractivity contribution is 0.410. The lowest BCUT2D eigenvalue weighted by Gasteiger charge is -2.35. The Kier molecular flexibility index (Phi) is 4.81. The van der Waals surface area contributed by atoms with Gasteiger partial charge in [-0.25, -0.2) is 4.98 Å². The number of nitrogens with zero attached hydrogens (tertiary/aromatic N) is 2. The van der Waals surface area contributed by atoms with Crippen LogP contribution < -0.4 is 10.2 Å². The highest BCUT2D eigenvalue weighted by molar-refractivity contribution is 5.50. The van der Waals surface area contributed by atoms with Gasteiger partial charge in [-0.15, -0.1) is 0 Å². The fraction of sp³-hybridized carbons (Fsp3) is 0.688. The molecule has 0 radical (unpaired) electrons. The normalized spacial score (nSPS) is 20.0. The molecule has 0 aliphatic carbocycles. The van der Waals surface area contributed by atoms with E-state index in [2.05, 4.69) is 55.0 Å². The molecule has 1 aromatic rings. The van der Waals surface area contributed by atoms with Gasteiger partial charge in [-0.2, -0.15) is 0 Å². The molecule has 0 unspecified atom stereocenters. The topological polar surface area (TPSA) is 28.2 Å². The SMILES string of the molecule is CC(C)N(c1ncccc1[C@@H]1CCCCN1)C(C)C. The van der Waals surface area contributed by atoms with Gasteiger partial charge in [0.25, 0.3) is 0 Å². The summed E-state index contributed by atoms with van der Waals surface area (Å²) in [4.78, 5) is 7.10. The summed E-state index contributed by atoms with van der Waals surface area (Å²) in [6, 6.07) is 5.71. The van der Waals surface area contributed by atoms with Gasteiger partial charge in [0, 0.05) is 29.9 Å². The van der Waals surface area contributed by atoms with Crippen LogP contribution in [-0.4, -0.2) is 23.6 Å². The van der Waals surface area contributed by atoms with Crippen molar-refractivity contribution in [3.63, 3.8) is 0 Å². The zero-order valence-electron chi connectivity index (χ0n) is 12.7. The van der Waals surface area contributed by atoms with E-state index in [-0.39, 0.29) is 0 Å². The molecule has 19 heavy (non-hydrogen) atoms. The smallest absolute Gasteiger partial charge is 0.133 e. The van der Waals surface area contributed by atoms with Gasteiger partial charge in [0.05, 0.1) is 0 Å². The van der Waals surface area contributed by atoms with Crippen molar-refractivity contribution in [3.05, 3.63) is 23.9 Å². The van der Waals surface area contributed by atoms with E-state index >= 15 is 0 Å². The molecule has 1 N–H and O–H groups in total. The van der Waals surface area contributed by atoms with Crippen molar-refractivity contribution >= 4 is 5.82 Å². The summed E-state index contributed by atoms with van der Waals surface area (Å²) in [6.45, 7) is 10.1. The number of pyridine rings is 1. The van der Waals surface area contributed by atoms with Gasteiger partial charge in [0.1, 0.15) is 5.82 Å². The molecule has 1 aliphatic heterocycles. The van der Waals surface area contributed by atoms with Crippen molar-refractivity contribution in [2.45, 2.75) is 65.1 Å². The second kappa shape index (κ2) is 6.38. The lowest BCUT2D eigenvalue weighted by Crippen LogP contribution is -2.39. The summed E-state index contributed by atoms with van der Waals surface area (Å²) in [5.41, 5.74) is 1.37. The molecule has 0 spiro atoms. The van der Waals surface area contributed by atoms with Crippen LogP contribution in [0.25, 0.3) is 0 Å². The third kappa shape index (κ3) is 3.27. The minimum atomic E-state index is 0.470. The number of piperidine rings is 1. The Morgan fingerprint density at radius 3 is 2.53 bits per heavy atom. The number of hydrogen-bond donors (Lipinski definition) is 1. The van der Waals surface area contributed by atoms with Gasteiger partial charge in [-0.1, -0.05) is 12.5 Å². The van der Waals surface area contributed by atoms with Crippen LogP contribution in [0.3, 0.4) is 0 Å². The van der Waals surface area contributed by atoms with E-state index in [1.165, 1.54) is 24.8 Å². The maximum atomic E-state index is 4.68. The molecule has 0 saturated carbocycles. The third-order valence-electron chi connectivity index (χ3n) is 3.86. The van der Waals surface area contributed by atoms with Crippen LogP contribution >= 0.6 is 0 Å². The van der Waals surface area contributed by atoms with Crippen molar-refractivity contribution in [2.24, 2.45) is 0 Å². The van der Waals surface area contributed by atoms with Crippen LogP contribution in [0.5, 0.6) is 0 Å². The molecule has 3 nitrogen and oxygen atoms in total. The first-order chi connectivity index (χ1) is 9.11. The number of anilines is 1. The van der Waals surface area contributed by atoms with E-state index < -0.39 is 0 Å². The number of nitrogens with one attached hydrogen (secondary N) is 1. The Labute approximate surface area is 117 Å². The Balaban J connectivity index is 2.33. The van der Waals surface area contributed by atoms with E-state index in [0.717, 1.165) is 12.4 Å². The molecule has 1 saturated heterocycles. The summed E-state index contributed by atoms with van der Waals surface area (Å²) >= 11 is 0. The van der Waals surface area contributed by atoms with Crippen LogP contribution in [0.15, 0.2) is 18.3 Å². The van der Waals surface area contributed by atoms with Gasteiger partial charge in [0.2, 0.25) is 0 Å². The molecule has 0 aromatic carbocycles. The van der Waals surface area contributed by atoms with Gasteiger partial charge < -0.3 is 10.2 Å². The number of hydrogen-bond acceptors (Lipinski definition) is 3. The van der Waals surface area contributed by atoms with Gasteiger partial charge in [-0.3, -0.25) is 0 Å². The van der Waals surface area contributed by atoms with Crippen molar-refractivity contribution < 1.29 is 0 Å². The summed E-state index contributed by atoms with van der Waals surface area (Å²) in [7, 11) is 0. The van der Waals surface area contributed by atoms with E-state index in [1.54, 1.807) is 0 Å². The van der Waals surface area contributed by atoms with E-state index in [4.69, 9.17) is 0 Å². The van der Waals surface area contributed by atoms with E-state index in [0.29, 0.717) is 18.1 Å². The second-order valence-corrected chi connectivity index (χ2v) is 6.01. The molecular weight excluding hydrogens is 234 g/mol. The predicted octanol–water partition coefficient (Wildman–Crippen LogP) is 3.52. The predicted molar refractivity (Wildman–Crippen MR) is 81.6 cm³/mol.